The number of rotatable bonds is 5. The number of H-pyrrole nitrogens is 1. The number of pyridine rings is 1. The van der Waals surface area contributed by atoms with E-state index in [1.165, 1.54) is 12.4 Å². The number of anilines is 3. The fourth-order valence-corrected chi connectivity index (χ4v) is 5.29. The van der Waals surface area contributed by atoms with E-state index in [1.54, 1.807) is 4.90 Å². The molecule has 5 rings (SSSR count). The van der Waals surface area contributed by atoms with Crippen molar-refractivity contribution in [1.82, 2.24) is 19.9 Å². The number of hydrogen-bond acceptors (Lipinski definition) is 8. The van der Waals surface area contributed by atoms with Gasteiger partial charge in [0.2, 0.25) is 11.5 Å². The molecule has 2 atom stereocenters. The molecule has 0 spiro atoms. The third-order valence-electron chi connectivity index (χ3n) is 7.83. The van der Waals surface area contributed by atoms with Crippen LogP contribution in [0.5, 0.6) is 0 Å². The minimum absolute atomic E-state index is 0.0332. The third kappa shape index (κ3) is 6.18. The number of halogens is 5. The van der Waals surface area contributed by atoms with Crippen molar-refractivity contribution in [2.24, 2.45) is 0 Å². The first kappa shape index (κ1) is 30.4. The summed E-state index contributed by atoms with van der Waals surface area (Å²) in [7, 11) is 1.91. The van der Waals surface area contributed by atoms with Gasteiger partial charge in [0.15, 0.2) is 5.82 Å². The van der Waals surface area contributed by atoms with Crippen LogP contribution in [-0.2, 0) is 10.9 Å². The lowest BCUT2D eigenvalue weighted by atomic mass is 10.0. The highest BCUT2D eigenvalue weighted by Crippen LogP contribution is 2.40. The number of carbonyl (C=O) groups excluding carboxylic acids is 1. The Labute approximate surface area is 243 Å². The number of amides is 1. The third-order valence-corrected chi connectivity index (χ3v) is 7.83. The molecule has 10 nitrogen and oxygen atoms in total. The normalized spacial score (nSPS) is 19.9. The van der Waals surface area contributed by atoms with E-state index in [2.05, 4.69) is 25.2 Å². The predicted molar refractivity (Wildman–Crippen MR) is 149 cm³/mol. The summed E-state index contributed by atoms with van der Waals surface area (Å²) in [5.74, 6) is -3.16. The minimum Gasteiger partial charge on any atom is -0.378 e. The van der Waals surface area contributed by atoms with Crippen LogP contribution in [0.15, 0.2) is 35.5 Å². The Bertz CT molecular complexity index is 1550. The quantitative estimate of drug-likeness (QED) is 0.423. The number of hydrogen-bond donors (Lipinski definition) is 2. The molecule has 3 aromatic rings. The lowest BCUT2D eigenvalue weighted by molar-refractivity contribution is -0.138. The van der Waals surface area contributed by atoms with Crippen LogP contribution >= 0.6 is 0 Å². The molecule has 0 unspecified atom stereocenters. The molecular formula is C28H30F5N7O3. The summed E-state index contributed by atoms with van der Waals surface area (Å²) in [6, 6.07) is 1.21. The Morgan fingerprint density at radius 2 is 1.67 bits per heavy atom. The lowest BCUT2D eigenvalue weighted by Gasteiger charge is -2.44. The summed E-state index contributed by atoms with van der Waals surface area (Å²) in [6.07, 6.45) is -1.94. The van der Waals surface area contributed by atoms with Gasteiger partial charge < -0.3 is 24.8 Å². The molecule has 230 valence electrons. The average molecular weight is 608 g/mol. The van der Waals surface area contributed by atoms with Crippen LogP contribution < -0.4 is 20.7 Å². The van der Waals surface area contributed by atoms with Crippen LogP contribution in [0.1, 0.15) is 29.8 Å². The average Bonchev–Trinajstić information content (AvgIpc) is 2.97. The maximum Gasteiger partial charge on any atom is 0.417 e. The molecule has 0 aliphatic carbocycles. The number of aromatic nitrogens is 3. The topological polar surface area (TPSA) is 107 Å². The lowest BCUT2D eigenvalue weighted by Crippen LogP contribution is -2.55. The Kier molecular flexibility index (Phi) is 8.38. The van der Waals surface area contributed by atoms with Crippen LogP contribution in [0.25, 0.3) is 11.1 Å². The molecule has 2 aliphatic rings. The van der Waals surface area contributed by atoms with Crippen molar-refractivity contribution < 1.29 is 31.5 Å². The van der Waals surface area contributed by atoms with E-state index >= 15 is 8.78 Å². The zero-order valence-electron chi connectivity index (χ0n) is 23.6. The van der Waals surface area contributed by atoms with E-state index in [0.29, 0.717) is 51.5 Å². The van der Waals surface area contributed by atoms with Crippen LogP contribution in [0.3, 0.4) is 0 Å². The monoisotopic (exact) mass is 607 g/mol. The fraction of sp³-hybridized carbons (Fsp3) is 0.429. The van der Waals surface area contributed by atoms with Gasteiger partial charge in [-0.15, -0.1) is 0 Å². The van der Waals surface area contributed by atoms with Gasteiger partial charge in [-0.25, -0.2) is 18.7 Å². The van der Waals surface area contributed by atoms with Gasteiger partial charge in [0.25, 0.3) is 5.91 Å². The van der Waals surface area contributed by atoms with E-state index in [1.807, 2.05) is 25.8 Å². The minimum atomic E-state index is -5.04. The number of nitrogens with zero attached hydrogens (tertiary/aromatic N) is 5. The largest absolute Gasteiger partial charge is 0.417 e. The van der Waals surface area contributed by atoms with Gasteiger partial charge in [0.05, 0.1) is 35.6 Å². The molecule has 1 amide bonds. The number of piperazine rings is 1. The van der Waals surface area contributed by atoms with Gasteiger partial charge in [-0.05, 0) is 20.9 Å². The van der Waals surface area contributed by atoms with Crippen LogP contribution in [-0.4, -0.2) is 84.3 Å². The molecule has 2 aliphatic heterocycles. The van der Waals surface area contributed by atoms with E-state index in [4.69, 9.17) is 4.74 Å². The van der Waals surface area contributed by atoms with Crippen molar-refractivity contribution in [2.45, 2.75) is 32.1 Å². The SMILES string of the molecule is C[C@@H]1CN(c2cc(F)c(-c3cnc(N4CCOCC4)nc3)c(F)c2NC(=O)c2c[nH]c(=O)cc2C(F)(F)F)C[C@H](C)N1C. The van der Waals surface area contributed by atoms with Crippen molar-refractivity contribution >= 4 is 23.2 Å². The van der Waals surface area contributed by atoms with E-state index in [9.17, 15) is 22.8 Å². The van der Waals surface area contributed by atoms with Gasteiger partial charge in [0, 0.05) is 74.5 Å². The summed E-state index contributed by atoms with van der Waals surface area (Å²) in [6.45, 7) is 6.54. The zero-order valence-corrected chi connectivity index (χ0v) is 23.6. The Hall–Kier alpha value is -4.11. The number of alkyl halides is 3. The Morgan fingerprint density at radius 1 is 1.05 bits per heavy atom. The van der Waals surface area contributed by atoms with Crippen LogP contribution in [0.2, 0.25) is 0 Å². The van der Waals surface area contributed by atoms with Crippen LogP contribution in [0, 0.1) is 11.6 Å². The summed E-state index contributed by atoms with van der Waals surface area (Å²) < 4.78 is 78.6. The first-order chi connectivity index (χ1) is 20.3. The molecule has 0 bridgehead atoms. The van der Waals surface area contributed by atoms with Crippen molar-refractivity contribution in [3.8, 4) is 11.1 Å². The number of morpholine rings is 1. The molecule has 0 radical (unpaired) electrons. The Morgan fingerprint density at radius 3 is 2.28 bits per heavy atom. The molecule has 43 heavy (non-hydrogen) atoms. The summed E-state index contributed by atoms with van der Waals surface area (Å²) in [5.41, 5.74) is -4.63. The fourth-order valence-electron chi connectivity index (χ4n) is 5.29. The van der Waals surface area contributed by atoms with Crippen LogP contribution in [0.4, 0.5) is 39.3 Å². The highest BCUT2D eigenvalue weighted by Gasteiger charge is 2.37. The second kappa shape index (κ2) is 11.9. The smallest absolute Gasteiger partial charge is 0.378 e. The van der Waals surface area contributed by atoms with Gasteiger partial charge in [0.1, 0.15) is 11.5 Å². The number of benzene rings is 1. The molecule has 2 aromatic heterocycles. The molecule has 0 saturated carbocycles. The number of aromatic amines is 1. The zero-order chi connectivity index (χ0) is 31.1. The van der Waals surface area contributed by atoms with Gasteiger partial charge >= 0.3 is 6.18 Å². The standard InChI is InChI=1S/C28H30F5N7O3/c1-15-13-40(14-16(2)38(15)3)21-9-20(29)23(17-10-35-27(36-11-17)39-4-6-43-7-5-39)24(30)25(21)37-26(42)18-12-34-22(41)8-19(18)28(31,32)33/h8-12,15-16H,4-7,13-14H2,1-3H3,(H,34,41)(H,37,42)/t15-,16+. The van der Waals surface area contributed by atoms with E-state index in [0.717, 1.165) is 6.07 Å². The van der Waals surface area contributed by atoms with Crippen molar-refractivity contribution in [3.05, 3.63) is 63.8 Å². The first-order valence-electron chi connectivity index (χ1n) is 13.6. The molecule has 2 fully saturated rings. The first-order valence-corrected chi connectivity index (χ1v) is 13.6. The Balaban J connectivity index is 1.59. The summed E-state index contributed by atoms with van der Waals surface area (Å²) in [5, 5.41) is 2.24. The van der Waals surface area contributed by atoms with Crippen molar-refractivity contribution in [2.75, 3.05) is 61.6 Å². The van der Waals surface area contributed by atoms with E-state index in [-0.39, 0.29) is 29.4 Å². The van der Waals surface area contributed by atoms with Gasteiger partial charge in [-0.2, -0.15) is 13.2 Å². The number of ether oxygens (including phenoxy) is 1. The van der Waals surface area contributed by atoms with Gasteiger partial charge in [-0.1, -0.05) is 0 Å². The van der Waals surface area contributed by atoms with Crippen molar-refractivity contribution in [3.63, 3.8) is 0 Å². The number of carbonyl (C=O) groups is 1. The van der Waals surface area contributed by atoms with Crippen molar-refractivity contribution in [1.29, 1.82) is 0 Å². The summed E-state index contributed by atoms with van der Waals surface area (Å²) in [4.78, 5) is 41.0. The highest BCUT2D eigenvalue weighted by atomic mass is 19.4. The molecule has 1 aromatic carbocycles. The summed E-state index contributed by atoms with van der Waals surface area (Å²) >= 11 is 0. The number of nitrogens with one attached hydrogen (secondary N) is 2. The number of likely N-dealkylation sites (N-methyl/N-ethyl adjacent to an activating group) is 1. The molecular weight excluding hydrogens is 577 g/mol. The molecule has 2 saturated heterocycles. The second-order valence-corrected chi connectivity index (χ2v) is 10.7. The molecule has 2 N–H and O–H groups in total. The molecule has 4 heterocycles. The second-order valence-electron chi connectivity index (χ2n) is 10.7. The van der Waals surface area contributed by atoms with E-state index < -0.39 is 51.7 Å². The maximum atomic E-state index is 16.4. The predicted octanol–water partition coefficient (Wildman–Crippen LogP) is 3.75. The maximum absolute atomic E-state index is 16.4. The highest BCUT2D eigenvalue weighted by molar-refractivity contribution is 6.07. The van der Waals surface area contributed by atoms with Gasteiger partial charge in [-0.3, -0.25) is 14.5 Å². The molecule has 15 heteroatoms.